The molecular formula is C25H25N3O4S. The number of esters is 1. The molecule has 1 aliphatic heterocycles. The van der Waals surface area contributed by atoms with Gasteiger partial charge >= 0.3 is 5.97 Å². The Morgan fingerprint density at radius 1 is 1.33 bits per heavy atom. The summed E-state index contributed by atoms with van der Waals surface area (Å²) in [7, 11) is 0. The lowest BCUT2D eigenvalue weighted by Crippen LogP contribution is -2.29. The van der Waals surface area contributed by atoms with Crippen molar-refractivity contribution < 1.29 is 18.7 Å². The summed E-state index contributed by atoms with van der Waals surface area (Å²) in [5.74, 6) is -0.990. The van der Waals surface area contributed by atoms with Crippen LogP contribution in [0.2, 0.25) is 0 Å². The lowest BCUT2D eigenvalue weighted by Gasteiger charge is -2.27. The minimum absolute atomic E-state index is 0.0479. The number of nitrogens with one attached hydrogen (secondary N) is 2. The Balaban J connectivity index is 1.84. The number of hydrogen-bond donors (Lipinski definition) is 2. The van der Waals surface area contributed by atoms with Gasteiger partial charge in [-0.05, 0) is 44.5 Å². The van der Waals surface area contributed by atoms with E-state index in [1.807, 2.05) is 32.0 Å². The molecule has 2 aromatic rings. The van der Waals surface area contributed by atoms with Gasteiger partial charge in [-0.3, -0.25) is 4.79 Å². The summed E-state index contributed by atoms with van der Waals surface area (Å²) in [6, 6.07) is 11.4. The number of anilines is 1. The Bertz CT molecular complexity index is 1170. The van der Waals surface area contributed by atoms with Gasteiger partial charge in [0.1, 0.15) is 12.4 Å². The largest absolute Gasteiger partial charge is 0.468 e. The fourth-order valence-electron chi connectivity index (χ4n) is 3.53. The van der Waals surface area contributed by atoms with E-state index < -0.39 is 11.9 Å². The first-order valence-electron chi connectivity index (χ1n) is 10.3. The van der Waals surface area contributed by atoms with Crippen LogP contribution in [0, 0.1) is 25.2 Å². The quantitative estimate of drug-likeness (QED) is 0.432. The van der Waals surface area contributed by atoms with Crippen molar-refractivity contribution in [2.45, 2.75) is 26.7 Å². The molecule has 2 heterocycles. The zero-order chi connectivity index (χ0) is 24.0. The maximum Gasteiger partial charge on any atom is 0.337 e. The van der Waals surface area contributed by atoms with Crippen LogP contribution in [0.1, 0.15) is 29.7 Å². The van der Waals surface area contributed by atoms with Crippen LogP contribution >= 0.6 is 11.8 Å². The predicted molar refractivity (Wildman–Crippen MR) is 128 cm³/mol. The maximum atomic E-state index is 12.8. The highest BCUT2D eigenvalue weighted by molar-refractivity contribution is 8.03. The number of ether oxygens (including phenoxy) is 1. The van der Waals surface area contributed by atoms with Crippen molar-refractivity contribution >= 4 is 29.3 Å². The Kier molecular flexibility index (Phi) is 7.80. The number of dihydropyridines is 1. The lowest BCUT2D eigenvalue weighted by molar-refractivity contribution is -0.138. The molecule has 0 bridgehead atoms. The zero-order valence-corrected chi connectivity index (χ0v) is 19.5. The number of thioether (sulfide) groups is 1. The second-order valence-corrected chi connectivity index (χ2v) is 8.49. The highest BCUT2D eigenvalue weighted by Gasteiger charge is 2.37. The van der Waals surface area contributed by atoms with Gasteiger partial charge in [-0.1, -0.05) is 42.1 Å². The molecular weight excluding hydrogens is 438 g/mol. The van der Waals surface area contributed by atoms with Crippen LogP contribution in [0.15, 0.2) is 75.5 Å². The number of nitrogens with zero attached hydrogens (tertiary/aromatic N) is 1. The van der Waals surface area contributed by atoms with E-state index in [1.165, 1.54) is 24.1 Å². The number of furan rings is 1. The summed E-state index contributed by atoms with van der Waals surface area (Å²) in [4.78, 5) is 25.3. The molecule has 2 N–H and O–H groups in total. The molecule has 1 aliphatic rings. The average Bonchev–Trinajstić information content (AvgIpc) is 3.32. The highest BCUT2D eigenvalue weighted by atomic mass is 32.2. The first-order chi connectivity index (χ1) is 15.8. The van der Waals surface area contributed by atoms with Gasteiger partial charge in [0, 0.05) is 11.4 Å². The Morgan fingerprint density at radius 2 is 2.12 bits per heavy atom. The van der Waals surface area contributed by atoms with Crippen molar-refractivity contribution in [3.05, 3.63) is 88.0 Å². The molecule has 1 aromatic heterocycles. The molecule has 33 heavy (non-hydrogen) atoms. The van der Waals surface area contributed by atoms with Crippen molar-refractivity contribution in [3.63, 3.8) is 0 Å². The molecule has 1 atom stereocenters. The standard InChI is InChI=1S/C25H25N3O4S/c1-5-10-32-25(30)22-17(4)27-24(18(13-26)23(22)20-7-6-11-31-20)33-14-21(29)28-19-9-8-15(2)12-16(19)3/h5-9,11-12,23,27H,1,10,14H2,2-4H3,(H,28,29). The summed E-state index contributed by atoms with van der Waals surface area (Å²) < 4.78 is 10.8. The van der Waals surface area contributed by atoms with Gasteiger partial charge in [0.2, 0.25) is 5.91 Å². The third-order valence-electron chi connectivity index (χ3n) is 5.03. The van der Waals surface area contributed by atoms with Gasteiger partial charge in [0.25, 0.3) is 0 Å². The fraction of sp³-hybridized carbons (Fsp3) is 0.240. The number of rotatable bonds is 8. The second kappa shape index (κ2) is 10.7. The zero-order valence-electron chi connectivity index (χ0n) is 18.7. The van der Waals surface area contributed by atoms with E-state index in [4.69, 9.17) is 9.15 Å². The third-order valence-corrected chi connectivity index (χ3v) is 6.05. The Morgan fingerprint density at radius 3 is 2.76 bits per heavy atom. The fourth-order valence-corrected chi connectivity index (χ4v) is 4.42. The van der Waals surface area contributed by atoms with Crippen LogP contribution in [0.4, 0.5) is 5.69 Å². The van der Waals surface area contributed by atoms with Crippen LogP contribution in [0.5, 0.6) is 0 Å². The average molecular weight is 464 g/mol. The molecule has 3 rings (SSSR count). The van der Waals surface area contributed by atoms with E-state index in [-0.39, 0.29) is 29.4 Å². The molecule has 0 saturated carbocycles. The summed E-state index contributed by atoms with van der Waals surface area (Å²) in [6.45, 7) is 9.26. The van der Waals surface area contributed by atoms with E-state index in [0.29, 0.717) is 16.5 Å². The van der Waals surface area contributed by atoms with E-state index in [0.717, 1.165) is 16.8 Å². The highest BCUT2D eigenvalue weighted by Crippen LogP contribution is 2.41. The summed E-state index contributed by atoms with van der Waals surface area (Å²) in [5.41, 5.74) is 3.93. The normalized spacial score (nSPS) is 15.5. The molecule has 0 fully saturated rings. The van der Waals surface area contributed by atoms with Gasteiger partial charge in [0.05, 0.1) is 40.2 Å². The maximum absolute atomic E-state index is 12.8. The number of aryl methyl sites for hydroxylation is 2. The number of allylic oxidation sites excluding steroid dienone is 2. The van der Waals surface area contributed by atoms with Gasteiger partial charge in [0.15, 0.2) is 0 Å². The predicted octanol–water partition coefficient (Wildman–Crippen LogP) is 4.69. The second-order valence-electron chi connectivity index (χ2n) is 7.51. The van der Waals surface area contributed by atoms with Crippen molar-refractivity contribution in [2.24, 2.45) is 0 Å². The molecule has 0 spiro atoms. The minimum Gasteiger partial charge on any atom is -0.468 e. The Labute approximate surface area is 197 Å². The smallest absolute Gasteiger partial charge is 0.337 e. The molecule has 7 nitrogen and oxygen atoms in total. The van der Waals surface area contributed by atoms with Gasteiger partial charge in [-0.25, -0.2) is 4.79 Å². The van der Waals surface area contributed by atoms with Crippen molar-refractivity contribution in [2.75, 3.05) is 17.7 Å². The Hall–Kier alpha value is -3.70. The molecule has 1 amide bonds. The molecule has 170 valence electrons. The van der Waals surface area contributed by atoms with Crippen LogP contribution < -0.4 is 10.6 Å². The van der Waals surface area contributed by atoms with Crippen LogP contribution in [-0.4, -0.2) is 24.2 Å². The summed E-state index contributed by atoms with van der Waals surface area (Å²) in [6.07, 6.45) is 2.96. The topological polar surface area (TPSA) is 104 Å². The molecule has 8 heteroatoms. The molecule has 1 aromatic carbocycles. The van der Waals surface area contributed by atoms with Crippen molar-refractivity contribution in [3.8, 4) is 6.07 Å². The first-order valence-corrected chi connectivity index (χ1v) is 11.3. The monoisotopic (exact) mass is 463 g/mol. The number of amides is 1. The lowest BCUT2D eigenvalue weighted by atomic mass is 9.86. The van der Waals surface area contributed by atoms with E-state index >= 15 is 0 Å². The van der Waals surface area contributed by atoms with E-state index in [2.05, 4.69) is 23.3 Å². The van der Waals surface area contributed by atoms with Crippen LogP contribution in [0.3, 0.4) is 0 Å². The van der Waals surface area contributed by atoms with E-state index in [1.54, 1.807) is 19.1 Å². The molecule has 0 aliphatic carbocycles. The molecule has 0 radical (unpaired) electrons. The third kappa shape index (κ3) is 5.57. The summed E-state index contributed by atoms with van der Waals surface area (Å²) >= 11 is 1.19. The van der Waals surface area contributed by atoms with Gasteiger partial charge in [-0.2, -0.15) is 5.26 Å². The molecule has 1 unspecified atom stereocenters. The number of carbonyl (C=O) groups excluding carboxylic acids is 2. The summed E-state index contributed by atoms with van der Waals surface area (Å²) in [5, 5.41) is 16.5. The number of carbonyl (C=O) groups is 2. The molecule has 0 saturated heterocycles. The minimum atomic E-state index is -0.742. The van der Waals surface area contributed by atoms with Gasteiger partial charge < -0.3 is 19.8 Å². The van der Waals surface area contributed by atoms with E-state index in [9.17, 15) is 14.9 Å². The first kappa shape index (κ1) is 24.0. The number of nitriles is 1. The van der Waals surface area contributed by atoms with Crippen LogP contribution in [0.25, 0.3) is 0 Å². The van der Waals surface area contributed by atoms with Crippen molar-refractivity contribution in [1.29, 1.82) is 5.26 Å². The van der Waals surface area contributed by atoms with Crippen molar-refractivity contribution in [1.82, 2.24) is 5.32 Å². The number of benzene rings is 1. The van der Waals surface area contributed by atoms with Gasteiger partial charge in [-0.15, -0.1) is 0 Å². The number of hydrogen-bond acceptors (Lipinski definition) is 7. The SMILES string of the molecule is C=CCOC(=O)C1=C(C)NC(SCC(=O)Nc2ccc(C)cc2C)=C(C#N)C1c1ccco1. The van der Waals surface area contributed by atoms with Crippen LogP contribution in [-0.2, 0) is 14.3 Å².